The number of H-pyrrole nitrogens is 1. The molecule has 3 atom stereocenters. The maximum absolute atomic E-state index is 9.19. The molecular formula is C17H24N2O4S. The predicted octanol–water partition coefficient (Wildman–Crippen LogP) is 1.94. The van der Waals surface area contributed by atoms with Crippen LogP contribution in [0.4, 0.5) is 0 Å². The van der Waals surface area contributed by atoms with Crippen molar-refractivity contribution in [3.8, 4) is 0 Å². The van der Waals surface area contributed by atoms with Gasteiger partial charge < -0.3 is 15.0 Å². The van der Waals surface area contributed by atoms with E-state index >= 15 is 0 Å². The summed E-state index contributed by atoms with van der Waals surface area (Å²) in [4.78, 5) is 3.41. The molecule has 1 aliphatic carbocycles. The van der Waals surface area contributed by atoms with Gasteiger partial charge in [-0.15, -0.1) is 0 Å². The lowest BCUT2D eigenvalue weighted by molar-refractivity contribution is 0.121. The fraction of sp³-hybridized carbons (Fsp3) is 0.529. The van der Waals surface area contributed by atoms with Crippen molar-refractivity contribution < 1.29 is 17.7 Å². The minimum absolute atomic E-state index is 0.599. The molecule has 0 amide bonds. The molecule has 1 fully saturated rings. The van der Waals surface area contributed by atoms with Gasteiger partial charge in [0, 0.05) is 42.7 Å². The van der Waals surface area contributed by atoms with Crippen molar-refractivity contribution in [1.29, 1.82) is 0 Å². The minimum Gasteiger partial charge on any atom is -0.384 e. The zero-order valence-corrected chi connectivity index (χ0v) is 14.8. The first-order chi connectivity index (χ1) is 11.4. The third-order valence-electron chi connectivity index (χ3n) is 4.80. The largest absolute Gasteiger partial charge is 0.384 e. The summed E-state index contributed by atoms with van der Waals surface area (Å²) in [5.74, 6) is 1.28. The molecule has 132 valence electrons. The quantitative estimate of drug-likeness (QED) is 0.719. The van der Waals surface area contributed by atoms with Crippen molar-refractivity contribution in [1.82, 2.24) is 10.3 Å². The number of nitrogens with one attached hydrogen (secondary N) is 2. The third-order valence-corrected chi connectivity index (χ3v) is 4.80. The van der Waals surface area contributed by atoms with Crippen molar-refractivity contribution in [3.63, 3.8) is 0 Å². The molecule has 1 aromatic heterocycles. The summed E-state index contributed by atoms with van der Waals surface area (Å²) >= 11 is 0. The number of hydrogen-bond acceptors (Lipinski definition) is 4. The number of rotatable bonds is 2. The normalized spacial score (nSPS) is 25.7. The standard InChI is InChI=1S/C16H20N2O.CH4O3S/c1-19-9-10-5-13-12-3-2-4-14-16(12)11(8-18-14)6-15(13)17-7-10;1-5(2,3)4/h2-4,8,10,13,15,17-18H,5-7,9H2,1H3;1H3,(H,2,3,4)/t10?,13-,15-;/m1./s1. The summed E-state index contributed by atoms with van der Waals surface area (Å²) in [6.07, 6.45) is 5.30. The summed E-state index contributed by atoms with van der Waals surface area (Å²) in [5, 5.41) is 5.21. The van der Waals surface area contributed by atoms with Crippen molar-refractivity contribution in [2.75, 3.05) is 26.5 Å². The number of hydrogen-bond donors (Lipinski definition) is 3. The highest BCUT2D eigenvalue weighted by Gasteiger charge is 2.36. The Balaban J connectivity index is 0.000000300. The lowest BCUT2D eigenvalue weighted by Crippen LogP contribution is -2.47. The van der Waals surface area contributed by atoms with Gasteiger partial charge in [0.15, 0.2) is 0 Å². The van der Waals surface area contributed by atoms with E-state index in [1.54, 1.807) is 7.11 Å². The molecule has 4 rings (SSSR count). The molecule has 0 bridgehead atoms. The number of aromatic amines is 1. The molecule has 0 spiro atoms. The number of methoxy groups -OCH3 is 1. The van der Waals surface area contributed by atoms with Gasteiger partial charge in [-0.05, 0) is 36.0 Å². The van der Waals surface area contributed by atoms with Gasteiger partial charge in [-0.2, -0.15) is 8.42 Å². The molecule has 7 heteroatoms. The summed E-state index contributed by atoms with van der Waals surface area (Å²) in [5.41, 5.74) is 4.29. The van der Waals surface area contributed by atoms with Crippen molar-refractivity contribution in [2.24, 2.45) is 5.92 Å². The van der Waals surface area contributed by atoms with E-state index in [-0.39, 0.29) is 0 Å². The Labute approximate surface area is 142 Å². The SMILES string of the molecule is COCC1CN[C@@H]2Cc3c[nH]c4cccc(c34)[C@H]2C1.CS(=O)(=O)O. The molecule has 0 saturated carbocycles. The van der Waals surface area contributed by atoms with Crippen molar-refractivity contribution in [3.05, 3.63) is 35.5 Å². The number of ether oxygens (including phenoxy) is 1. The van der Waals surface area contributed by atoms with E-state index < -0.39 is 10.1 Å². The van der Waals surface area contributed by atoms with Crippen LogP contribution >= 0.6 is 0 Å². The summed E-state index contributed by atoms with van der Waals surface area (Å²) in [6.45, 7) is 1.96. The molecule has 1 saturated heterocycles. The van der Waals surface area contributed by atoms with E-state index in [1.807, 2.05) is 0 Å². The van der Waals surface area contributed by atoms with Crippen LogP contribution in [-0.2, 0) is 21.3 Å². The molecule has 0 radical (unpaired) electrons. The van der Waals surface area contributed by atoms with E-state index in [9.17, 15) is 8.42 Å². The van der Waals surface area contributed by atoms with Gasteiger partial charge in [-0.25, -0.2) is 0 Å². The van der Waals surface area contributed by atoms with E-state index in [4.69, 9.17) is 9.29 Å². The third kappa shape index (κ3) is 3.80. The predicted molar refractivity (Wildman–Crippen MR) is 94.0 cm³/mol. The number of aromatic nitrogens is 1. The smallest absolute Gasteiger partial charge is 0.261 e. The maximum Gasteiger partial charge on any atom is 0.261 e. The Hall–Kier alpha value is -1.41. The zero-order chi connectivity index (χ0) is 17.3. The van der Waals surface area contributed by atoms with Crippen LogP contribution in [0.1, 0.15) is 23.5 Å². The lowest BCUT2D eigenvalue weighted by atomic mass is 9.73. The molecule has 1 unspecified atom stereocenters. The van der Waals surface area contributed by atoms with Crippen molar-refractivity contribution in [2.45, 2.75) is 24.8 Å². The molecule has 2 aliphatic rings. The van der Waals surface area contributed by atoms with Crippen LogP contribution < -0.4 is 5.32 Å². The van der Waals surface area contributed by atoms with E-state index in [2.05, 4.69) is 34.7 Å². The van der Waals surface area contributed by atoms with Crippen LogP contribution in [0, 0.1) is 5.92 Å². The summed E-state index contributed by atoms with van der Waals surface area (Å²) in [6, 6.07) is 7.28. The summed E-state index contributed by atoms with van der Waals surface area (Å²) < 4.78 is 31.2. The second-order valence-electron chi connectivity index (χ2n) is 6.70. The first kappa shape index (κ1) is 17.4. The van der Waals surface area contributed by atoms with Crippen molar-refractivity contribution >= 4 is 21.0 Å². The zero-order valence-electron chi connectivity index (χ0n) is 14.0. The highest BCUT2D eigenvalue weighted by Crippen LogP contribution is 2.41. The first-order valence-electron chi connectivity index (χ1n) is 8.10. The fourth-order valence-electron chi connectivity index (χ4n) is 3.98. The van der Waals surface area contributed by atoms with E-state index in [0.29, 0.717) is 24.1 Å². The van der Waals surface area contributed by atoms with Gasteiger partial charge in [-0.3, -0.25) is 4.55 Å². The highest BCUT2D eigenvalue weighted by atomic mass is 32.2. The Morgan fingerprint density at radius 1 is 1.38 bits per heavy atom. The first-order valence-corrected chi connectivity index (χ1v) is 9.95. The Morgan fingerprint density at radius 2 is 2.12 bits per heavy atom. The Bertz CT molecular complexity index is 807. The van der Waals surface area contributed by atoms with Crippen LogP contribution in [-0.4, -0.2) is 50.5 Å². The molecule has 6 nitrogen and oxygen atoms in total. The van der Waals surface area contributed by atoms with E-state index in [0.717, 1.165) is 19.6 Å². The average Bonchev–Trinajstić information content (AvgIpc) is 2.91. The van der Waals surface area contributed by atoms with Gasteiger partial charge >= 0.3 is 0 Å². The van der Waals surface area contributed by atoms with Gasteiger partial charge in [0.05, 0.1) is 12.9 Å². The lowest BCUT2D eigenvalue weighted by Gasteiger charge is -2.40. The van der Waals surface area contributed by atoms with Gasteiger partial charge in [0.2, 0.25) is 0 Å². The molecule has 24 heavy (non-hydrogen) atoms. The van der Waals surface area contributed by atoms with Crippen LogP contribution in [0.3, 0.4) is 0 Å². The second kappa shape index (κ2) is 6.84. The highest BCUT2D eigenvalue weighted by molar-refractivity contribution is 7.85. The number of fused-ring (bicyclic) bond motifs is 2. The molecular weight excluding hydrogens is 328 g/mol. The number of benzene rings is 1. The molecule has 3 N–H and O–H groups in total. The van der Waals surface area contributed by atoms with Crippen LogP contribution in [0.25, 0.3) is 10.9 Å². The second-order valence-corrected chi connectivity index (χ2v) is 8.17. The van der Waals surface area contributed by atoms with Crippen LogP contribution in [0.15, 0.2) is 24.4 Å². The van der Waals surface area contributed by atoms with Crippen LogP contribution in [0.2, 0.25) is 0 Å². The van der Waals surface area contributed by atoms with Gasteiger partial charge in [-0.1, -0.05) is 12.1 Å². The summed E-state index contributed by atoms with van der Waals surface area (Å²) in [7, 11) is -1.86. The van der Waals surface area contributed by atoms with Gasteiger partial charge in [0.1, 0.15) is 0 Å². The molecule has 2 heterocycles. The minimum atomic E-state index is -3.67. The fourth-order valence-corrected chi connectivity index (χ4v) is 3.98. The average molecular weight is 352 g/mol. The Kier molecular flexibility index (Phi) is 4.96. The molecule has 2 aromatic rings. The van der Waals surface area contributed by atoms with Gasteiger partial charge in [0.25, 0.3) is 10.1 Å². The molecule has 1 aromatic carbocycles. The monoisotopic (exact) mass is 352 g/mol. The van der Waals surface area contributed by atoms with E-state index in [1.165, 1.54) is 28.5 Å². The Morgan fingerprint density at radius 3 is 2.83 bits per heavy atom. The number of piperidine rings is 1. The maximum atomic E-state index is 9.19. The topological polar surface area (TPSA) is 91.4 Å². The molecule has 1 aliphatic heterocycles. The van der Waals surface area contributed by atoms with Crippen LogP contribution in [0.5, 0.6) is 0 Å².